The maximum absolute atomic E-state index is 11.6. The third-order valence-electron chi connectivity index (χ3n) is 2.20. The van der Waals surface area contributed by atoms with Gasteiger partial charge in [-0.3, -0.25) is 24.8 Å². The van der Waals surface area contributed by atoms with Crippen LogP contribution in [0.1, 0.15) is 12.5 Å². The lowest BCUT2D eigenvalue weighted by Gasteiger charge is -2.11. The lowest BCUT2D eigenvalue weighted by Crippen LogP contribution is -2.31. The van der Waals surface area contributed by atoms with Crippen LogP contribution in [0.15, 0.2) is 30.2 Å². The highest BCUT2D eigenvalue weighted by Gasteiger charge is 2.32. The Morgan fingerprint density at radius 3 is 2.94 bits per heavy atom. The quantitative estimate of drug-likeness (QED) is 0.585. The molecule has 2 rings (SSSR count). The highest BCUT2D eigenvalue weighted by Crippen LogP contribution is 2.16. The molecule has 1 aromatic rings. The van der Waals surface area contributed by atoms with Crippen molar-refractivity contribution >= 4 is 35.2 Å². The Balaban J connectivity index is 2.42. The summed E-state index contributed by atoms with van der Waals surface area (Å²) < 4.78 is 0. The van der Waals surface area contributed by atoms with E-state index in [9.17, 15) is 9.59 Å². The molecule has 1 aliphatic heterocycles. The number of thiocarbonyl (C=S) groups is 1. The summed E-state index contributed by atoms with van der Waals surface area (Å²) in [4.78, 5) is 28.1. The summed E-state index contributed by atoms with van der Waals surface area (Å²) in [6, 6.07) is 3.53. The Morgan fingerprint density at radius 1 is 1.59 bits per heavy atom. The first-order chi connectivity index (χ1) is 8.09. The van der Waals surface area contributed by atoms with E-state index >= 15 is 0 Å². The molecular formula is C11H9N3O2S. The molecule has 0 unspecified atom stereocenters. The summed E-state index contributed by atoms with van der Waals surface area (Å²) in [5, 5.41) is 2.54. The van der Waals surface area contributed by atoms with Gasteiger partial charge in [-0.2, -0.15) is 0 Å². The van der Waals surface area contributed by atoms with Gasteiger partial charge in [-0.15, -0.1) is 0 Å². The van der Waals surface area contributed by atoms with Crippen LogP contribution in [0.25, 0.3) is 6.08 Å². The lowest BCUT2D eigenvalue weighted by atomic mass is 10.2. The van der Waals surface area contributed by atoms with Gasteiger partial charge in [0.15, 0.2) is 5.11 Å². The van der Waals surface area contributed by atoms with Crippen LogP contribution in [0.4, 0.5) is 0 Å². The second-order valence-corrected chi connectivity index (χ2v) is 3.82. The molecule has 0 bridgehead atoms. The number of nitrogens with one attached hydrogen (secondary N) is 1. The molecule has 1 aliphatic rings. The molecule has 1 saturated heterocycles. The zero-order chi connectivity index (χ0) is 12.4. The molecule has 0 atom stereocenters. The third-order valence-corrected chi connectivity index (χ3v) is 2.48. The van der Waals surface area contributed by atoms with Crippen molar-refractivity contribution in [1.29, 1.82) is 0 Å². The molecule has 0 aromatic carbocycles. The summed E-state index contributed by atoms with van der Waals surface area (Å²) >= 11 is 4.90. The molecule has 6 heteroatoms. The van der Waals surface area contributed by atoms with Crippen LogP contribution in [0, 0.1) is 0 Å². The van der Waals surface area contributed by atoms with E-state index in [1.54, 1.807) is 30.6 Å². The number of carbonyl (C=O) groups excluding carboxylic acids is 2. The number of carbonyl (C=O) groups is 2. The maximum atomic E-state index is 11.6. The Labute approximate surface area is 103 Å². The van der Waals surface area contributed by atoms with E-state index < -0.39 is 0 Å². The van der Waals surface area contributed by atoms with Crippen LogP contribution in [-0.4, -0.2) is 26.8 Å². The number of nitrogens with zero attached hydrogens (tertiary/aromatic N) is 2. The van der Waals surface area contributed by atoms with Crippen molar-refractivity contribution in [1.82, 2.24) is 15.2 Å². The fourth-order valence-electron chi connectivity index (χ4n) is 1.49. The molecule has 2 heterocycles. The van der Waals surface area contributed by atoms with Crippen LogP contribution in [-0.2, 0) is 9.59 Å². The van der Waals surface area contributed by atoms with Gasteiger partial charge in [0, 0.05) is 19.3 Å². The van der Waals surface area contributed by atoms with Gasteiger partial charge in [0.25, 0.3) is 5.91 Å². The van der Waals surface area contributed by atoms with Crippen LogP contribution in [0.2, 0.25) is 0 Å². The molecule has 5 nitrogen and oxygen atoms in total. The highest BCUT2D eigenvalue weighted by molar-refractivity contribution is 7.80. The first-order valence-corrected chi connectivity index (χ1v) is 5.28. The molecule has 1 fully saturated rings. The predicted octanol–water partition coefficient (Wildman–Crippen LogP) is 0.686. The third kappa shape index (κ3) is 2.21. The van der Waals surface area contributed by atoms with Gasteiger partial charge < -0.3 is 0 Å². The molecule has 0 saturated carbocycles. The van der Waals surface area contributed by atoms with Gasteiger partial charge in [-0.1, -0.05) is 6.07 Å². The minimum atomic E-state index is -0.381. The number of hydrogen-bond acceptors (Lipinski definition) is 4. The van der Waals surface area contributed by atoms with E-state index in [4.69, 9.17) is 12.2 Å². The van der Waals surface area contributed by atoms with Crippen LogP contribution < -0.4 is 5.32 Å². The minimum absolute atomic E-state index is 0.109. The molecule has 1 N–H and O–H groups in total. The molecule has 86 valence electrons. The Kier molecular flexibility index (Phi) is 2.97. The van der Waals surface area contributed by atoms with Crippen molar-refractivity contribution in [2.24, 2.45) is 0 Å². The maximum Gasteiger partial charge on any atom is 0.274 e. The van der Waals surface area contributed by atoms with E-state index in [2.05, 4.69) is 10.3 Å². The molecule has 0 radical (unpaired) electrons. The topological polar surface area (TPSA) is 62.3 Å². The summed E-state index contributed by atoms with van der Waals surface area (Å²) in [6.07, 6.45) is 4.80. The lowest BCUT2D eigenvalue weighted by molar-refractivity contribution is -0.125. The first kappa shape index (κ1) is 11.4. The van der Waals surface area contributed by atoms with Crippen molar-refractivity contribution in [3.05, 3.63) is 35.8 Å². The molecule has 1 aromatic heterocycles. The summed E-state index contributed by atoms with van der Waals surface area (Å²) in [6.45, 7) is 1.35. The molecule has 2 amide bonds. The SMILES string of the molecule is CC(=O)N1C(=S)NC(=O)C1=Cc1cccnc1. The van der Waals surface area contributed by atoms with Gasteiger partial charge in [-0.05, 0) is 29.9 Å². The first-order valence-electron chi connectivity index (χ1n) is 4.87. The van der Waals surface area contributed by atoms with E-state index in [1.165, 1.54) is 11.8 Å². The highest BCUT2D eigenvalue weighted by atomic mass is 32.1. The Morgan fingerprint density at radius 2 is 2.35 bits per heavy atom. The van der Waals surface area contributed by atoms with Crippen molar-refractivity contribution in [3.8, 4) is 0 Å². The normalized spacial score (nSPS) is 17.5. The molecule has 0 spiro atoms. The van der Waals surface area contributed by atoms with Crippen molar-refractivity contribution in [2.75, 3.05) is 0 Å². The number of hydrogen-bond donors (Lipinski definition) is 1. The summed E-state index contributed by atoms with van der Waals surface area (Å²) in [5.74, 6) is -0.683. The van der Waals surface area contributed by atoms with E-state index in [-0.39, 0.29) is 22.6 Å². The fourth-order valence-corrected chi connectivity index (χ4v) is 1.81. The minimum Gasteiger partial charge on any atom is -0.297 e. The smallest absolute Gasteiger partial charge is 0.274 e. The van der Waals surface area contributed by atoms with Gasteiger partial charge in [0.05, 0.1) is 0 Å². The summed E-state index contributed by atoms with van der Waals surface area (Å²) in [7, 11) is 0. The number of amides is 2. The van der Waals surface area contributed by atoms with Crippen molar-refractivity contribution in [2.45, 2.75) is 6.92 Å². The average molecular weight is 247 g/mol. The number of pyridine rings is 1. The number of aromatic nitrogens is 1. The zero-order valence-corrected chi connectivity index (χ0v) is 9.82. The Bertz CT molecular complexity index is 525. The van der Waals surface area contributed by atoms with Crippen LogP contribution in [0.3, 0.4) is 0 Å². The monoisotopic (exact) mass is 247 g/mol. The second-order valence-electron chi connectivity index (χ2n) is 3.43. The van der Waals surface area contributed by atoms with Crippen LogP contribution >= 0.6 is 12.2 Å². The predicted molar refractivity (Wildman–Crippen MR) is 65.5 cm³/mol. The average Bonchev–Trinajstić information content (AvgIpc) is 2.55. The molecule has 17 heavy (non-hydrogen) atoms. The molecule has 0 aliphatic carbocycles. The molecular weight excluding hydrogens is 238 g/mol. The second kappa shape index (κ2) is 4.42. The van der Waals surface area contributed by atoms with Gasteiger partial charge in [0.2, 0.25) is 5.91 Å². The van der Waals surface area contributed by atoms with E-state index in [0.717, 1.165) is 5.56 Å². The largest absolute Gasteiger partial charge is 0.297 e. The van der Waals surface area contributed by atoms with Gasteiger partial charge in [0.1, 0.15) is 5.70 Å². The van der Waals surface area contributed by atoms with Gasteiger partial charge >= 0.3 is 0 Å². The standard InChI is InChI=1S/C11H9N3O2S/c1-7(15)14-9(10(16)13-11(14)17)5-8-3-2-4-12-6-8/h2-6H,1H3,(H,13,16,17). The van der Waals surface area contributed by atoms with E-state index in [1.807, 2.05) is 0 Å². The van der Waals surface area contributed by atoms with Crippen molar-refractivity contribution in [3.63, 3.8) is 0 Å². The van der Waals surface area contributed by atoms with Crippen molar-refractivity contribution < 1.29 is 9.59 Å². The Hall–Kier alpha value is -2.08. The zero-order valence-electron chi connectivity index (χ0n) is 9.01. The van der Waals surface area contributed by atoms with Crippen LogP contribution in [0.5, 0.6) is 0 Å². The van der Waals surface area contributed by atoms with Gasteiger partial charge in [-0.25, -0.2) is 0 Å². The fraction of sp³-hybridized carbons (Fsp3) is 0.0909. The summed E-state index contributed by atoms with van der Waals surface area (Å²) in [5.41, 5.74) is 0.948. The number of rotatable bonds is 1. The van der Waals surface area contributed by atoms with E-state index in [0.29, 0.717) is 0 Å².